The number of nitro groups is 1. The van der Waals surface area contributed by atoms with E-state index in [-0.39, 0.29) is 18.3 Å². The van der Waals surface area contributed by atoms with E-state index in [4.69, 9.17) is 4.74 Å². The van der Waals surface area contributed by atoms with E-state index >= 15 is 0 Å². The number of nitro benzene ring substituents is 1. The van der Waals surface area contributed by atoms with Crippen molar-refractivity contribution in [2.75, 3.05) is 20.3 Å². The maximum absolute atomic E-state index is 10.5. The van der Waals surface area contributed by atoms with Gasteiger partial charge in [-0.1, -0.05) is 12.1 Å². The Kier molecular flexibility index (Phi) is 5.70. The highest BCUT2D eigenvalue weighted by molar-refractivity contribution is 5.33. The SMILES string of the molecule is COCC(O)CNC(C)c1ccc([N+](=O)[O-])cc1. The van der Waals surface area contributed by atoms with Gasteiger partial charge in [-0.25, -0.2) is 0 Å². The van der Waals surface area contributed by atoms with Crippen LogP contribution in [0.2, 0.25) is 0 Å². The van der Waals surface area contributed by atoms with Crippen molar-refractivity contribution in [3.63, 3.8) is 0 Å². The summed E-state index contributed by atoms with van der Waals surface area (Å²) in [6.45, 7) is 2.62. The molecule has 0 aromatic heterocycles. The first-order chi connectivity index (χ1) is 8.54. The molecule has 2 N–H and O–H groups in total. The fourth-order valence-electron chi connectivity index (χ4n) is 1.57. The van der Waals surface area contributed by atoms with Crippen LogP contribution in [0.5, 0.6) is 0 Å². The van der Waals surface area contributed by atoms with Crippen LogP contribution in [0.3, 0.4) is 0 Å². The Bertz CT molecular complexity index is 380. The first kappa shape index (κ1) is 14.6. The summed E-state index contributed by atoms with van der Waals surface area (Å²) < 4.78 is 4.82. The number of rotatable bonds is 7. The monoisotopic (exact) mass is 254 g/mol. The van der Waals surface area contributed by atoms with Crippen molar-refractivity contribution in [1.29, 1.82) is 0 Å². The molecule has 100 valence electrons. The maximum Gasteiger partial charge on any atom is 0.269 e. The van der Waals surface area contributed by atoms with E-state index < -0.39 is 11.0 Å². The number of non-ortho nitro benzene ring substituents is 1. The zero-order valence-electron chi connectivity index (χ0n) is 10.5. The number of aliphatic hydroxyl groups is 1. The van der Waals surface area contributed by atoms with Gasteiger partial charge in [0.1, 0.15) is 0 Å². The van der Waals surface area contributed by atoms with Crippen LogP contribution in [-0.2, 0) is 4.74 Å². The smallest absolute Gasteiger partial charge is 0.269 e. The van der Waals surface area contributed by atoms with Gasteiger partial charge in [-0.15, -0.1) is 0 Å². The summed E-state index contributed by atoms with van der Waals surface area (Å²) in [6, 6.07) is 6.37. The van der Waals surface area contributed by atoms with E-state index in [9.17, 15) is 15.2 Å². The predicted octanol–water partition coefficient (Wildman–Crippen LogP) is 1.25. The lowest BCUT2D eigenvalue weighted by atomic mass is 10.1. The van der Waals surface area contributed by atoms with Gasteiger partial charge >= 0.3 is 0 Å². The Balaban J connectivity index is 2.51. The van der Waals surface area contributed by atoms with Crippen LogP contribution in [0.15, 0.2) is 24.3 Å². The predicted molar refractivity (Wildman–Crippen MR) is 67.4 cm³/mol. The third kappa shape index (κ3) is 4.40. The number of ether oxygens (including phenoxy) is 1. The second kappa shape index (κ2) is 7.05. The average molecular weight is 254 g/mol. The second-order valence-electron chi connectivity index (χ2n) is 4.09. The number of methoxy groups -OCH3 is 1. The summed E-state index contributed by atoms with van der Waals surface area (Å²) in [5.74, 6) is 0. The molecule has 2 atom stereocenters. The van der Waals surface area contributed by atoms with Crippen LogP contribution in [-0.4, -0.2) is 36.4 Å². The van der Waals surface area contributed by atoms with Crippen molar-refractivity contribution in [1.82, 2.24) is 5.32 Å². The average Bonchev–Trinajstić information content (AvgIpc) is 2.36. The van der Waals surface area contributed by atoms with Crippen molar-refractivity contribution in [2.45, 2.75) is 19.1 Å². The van der Waals surface area contributed by atoms with Gasteiger partial charge in [0, 0.05) is 31.8 Å². The fraction of sp³-hybridized carbons (Fsp3) is 0.500. The first-order valence-corrected chi connectivity index (χ1v) is 5.69. The largest absolute Gasteiger partial charge is 0.389 e. The first-order valence-electron chi connectivity index (χ1n) is 5.69. The molecule has 0 fully saturated rings. The quantitative estimate of drug-likeness (QED) is 0.565. The van der Waals surface area contributed by atoms with Gasteiger partial charge in [-0.05, 0) is 12.5 Å². The van der Waals surface area contributed by atoms with Gasteiger partial charge in [0.15, 0.2) is 0 Å². The van der Waals surface area contributed by atoms with Crippen molar-refractivity contribution in [3.05, 3.63) is 39.9 Å². The van der Waals surface area contributed by atoms with Gasteiger partial charge in [0.25, 0.3) is 5.69 Å². The summed E-state index contributed by atoms with van der Waals surface area (Å²) in [5, 5.41) is 23.1. The molecule has 0 heterocycles. The van der Waals surface area contributed by atoms with Crippen LogP contribution < -0.4 is 5.32 Å². The fourth-order valence-corrected chi connectivity index (χ4v) is 1.57. The molecule has 6 nitrogen and oxygen atoms in total. The van der Waals surface area contributed by atoms with Crippen LogP contribution in [0.1, 0.15) is 18.5 Å². The normalized spacial score (nSPS) is 14.2. The highest BCUT2D eigenvalue weighted by Gasteiger charge is 2.10. The summed E-state index contributed by atoms with van der Waals surface area (Å²) in [6.07, 6.45) is -0.560. The molecule has 0 aliphatic rings. The topological polar surface area (TPSA) is 84.6 Å². The van der Waals surface area contributed by atoms with E-state index in [0.29, 0.717) is 6.54 Å². The lowest BCUT2D eigenvalue weighted by molar-refractivity contribution is -0.384. The lowest BCUT2D eigenvalue weighted by Crippen LogP contribution is -2.31. The maximum atomic E-state index is 10.5. The third-order valence-corrected chi connectivity index (χ3v) is 2.62. The van der Waals surface area contributed by atoms with Crippen LogP contribution >= 0.6 is 0 Å². The minimum absolute atomic E-state index is 0.0114. The molecule has 18 heavy (non-hydrogen) atoms. The molecule has 0 saturated heterocycles. The number of hydrogen-bond donors (Lipinski definition) is 2. The van der Waals surface area contributed by atoms with Gasteiger partial charge in [-0.3, -0.25) is 10.1 Å². The van der Waals surface area contributed by atoms with E-state index in [1.807, 2.05) is 6.92 Å². The van der Waals surface area contributed by atoms with Gasteiger partial charge in [0.2, 0.25) is 0 Å². The molecule has 0 spiro atoms. The summed E-state index contributed by atoms with van der Waals surface area (Å²) in [7, 11) is 1.53. The Morgan fingerprint density at radius 2 is 2.06 bits per heavy atom. The van der Waals surface area contributed by atoms with Crippen molar-refractivity contribution in [2.24, 2.45) is 0 Å². The molecule has 6 heteroatoms. The molecule has 0 radical (unpaired) electrons. The zero-order chi connectivity index (χ0) is 13.5. The summed E-state index contributed by atoms with van der Waals surface area (Å²) in [4.78, 5) is 10.1. The molecule has 2 unspecified atom stereocenters. The van der Waals surface area contributed by atoms with E-state index in [1.54, 1.807) is 12.1 Å². The molecule has 1 rings (SSSR count). The molecule has 1 aromatic rings. The Morgan fingerprint density at radius 3 is 2.56 bits per heavy atom. The zero-order valence-corrected chi connectivity index (χ0v) is 10.5. The Morgan fingerprint density at radius 1 is 1.44 bits per heavy atom. The standard InChI is InChI=1S/C12H18N2O4/c1-9(13-7-12(15)8-18-2)10-3-5-11(6-4-10)14(16)17/h3-6,9,12-13,15H,7-8H2,1-2H3. The molecule has 1 aromatic carbocycles. The van der Waals surface area contributed by atoms with Crippen LogP contribution in [0.25, 0.3) is 0 Å². The number of nitrogens with zero attached hydrogens (tertiary/aromatic N) is 1. The Labute approximate surface area is 106 Å². The van der Waals surface area contributed by atoms with E-state index in [2.05, 4.69) is 5.32 Å². The molecule has 0 saturated carbocycles. The number of nitrogens with one attached hydrogen (secondary N) is 1. The highest BCUT2D eigenvalue weighted by atomic mass is 16.6. The van der Waals surface area contributed by atoms with E-state index in [1.165, 1.54) is 19.2 Å². The molecule has 0 aliphatic heterocycles. The minimum atomic E-state index is -0.560. The van der Waals surface area contributed by atoms with Crippen LogP contribution in [0.4, 0.5) is 5.69 Å². The summed E-state index contributed by atoms with van der Waals surface area (Å²) in [5.41, 5.74) is 1.01. The van der Waals surface area contributed by atoms with Gasteiger partial charge in [-0.2, -0.15) is 0 Å². The van der Waals surface area contributed by atoms with Crippen LogP contribution in [0, 0.1) is 10.1 Å². The molecular formula is C12H18N2O4. The number of aliphatic hydroxyl groups excluding tert-OH is 1. The third-order valence-electron chi connectivity index (χ3n) is 2.62. The minimum Gasteiger partial charge on any atom is -0.389 e. The number of benzene rings is 1. The molecule has 0 aliphatic carbocycles. The van der Waals surface area contributed by atoms with Gasteiger partial charge in [0.05, 0.1) is 17.6 Å². The second-order valence-corrected chi connectivity index (χ2v) is 4.09. The Hall–Kier alpha value is -1.50. The van der Waals surface area contributed by atoms with E-state index in [0.717, 1.165) is 5.56 Å². The van der Waals surface area contributed by atoms with Crippen molar-refractivity contribution < 1.29 is 14.8 Å². The number of hydrogen-bond acceptors (Lipinski definition) is 5. The summed E-state index contributed by atoms with van der Waals surface area (Å²) >= 11 is 0. The van der Waals surface area contributed by atoms with Gasteiger partial charge < -0.3 is 15.2 Å². The molecule has 0 bridgehead atoms. The molecular weight excluding hydrogens is 236 g/mol. The van der Waals surface area contributed by atoms with Crippen molar-refractivity contribution in [3.8, 4) is 0 Å². The highest BCUT2D eigenvalue weighted by Crippen LogP contribution is 2.17. The van der Waals surface area contributed by atoms with Crippen molar-refractivity contribution >= 4 is 5.69 Å². The lowest BCUT2D eigenvalue weighted by Gasteiger charge is -2.16. The molecule has 0 amide bonds.